The van der Waals surface area contributed by atoms with Gasteiger partial charge in [-0.05, 0) is 19.1 Å². The summed E-state index contributed by atoms with van der Waals surface area (Å²) < 4.78 is 16.3. The number of rotatable bonds is 3. The van der Waals surface area contributed by atoms with Crippen molar-refractivity contribution in [3.63, 3.8) is 0 Å². The van der Waals surface area contributed by atoms with Crippen LogP contribution in [-0.2, 0) is 9.09 Å². The first-order valence-corrected chi connectivity index (χ1v) is 5.09. The van der Waals surface area contributed by atoms with E-state index in [4.69, 9.17) is 10.3 Å². The molecule has 0 aliphatic heterocycles. The standard InChI is InChI=1S/C8H12NO2P/c1-2-11-12(10)8-6-4-3-5-7(8)9/h3-6,12H,2,9H2,1H3. The molecule has 0 spiro atoms. The van der Waals surface area contributed by atoms with Crippen LogP contribution in [0.1, 0.15) is 6.92 Å². The molecule has 0 amide bonds. The van der Waals surface area contributed by atoms with Crippen LogP contribution in [0.15, 0.2) is 24.3 Å². The summed E-state index contributed by atoms with van der Waals surface area (Å²) in [5, 5.41) is 0.615. The molecule has 0 saturated heterocycles. The van der Waals surface area contributed by atoms with Crippen molar-refractivity contribution in [2.75, 3.05) is 12.3 Å². The van der Waals surface area contributed by atoms with Gasteiger partial charge in [-0.25, -0.2) is 0 Å². The molecule has 3 nitrogen and oxygen atoms in total. The van der Waals surface area contributed by atoms with E-state index in [0.717, 1.165) is 0 Å². The fraction of sp³-hybridized carbons (Fsp3) is 0.250. The van der Waals surface area contributed by atoms with E-state index < -0.39 is 8.03 Å². The van der Waals surface area contributed by atoms with E-state index in [1.807, 2.05) is 6.92 Å². The number of nitrogen functional groups attached to an aromatic ring is 1. The van der Waals surface area contributed by atoms with E-state index in [9.17, 15) is 4.57 Å². The molecule has 0 heterocycles. The smallest absolute Gasteiger partial charge is 0.222 e. The Bertz CT molecular complexity index is 288. The van der Waals surface area contributed by atoms with E-state index in [1.165, 1.54) is 0 Å². The van der Waals surface area contributed by atoms with E-state index in [2.05, 4.69) is 0 Å². The molecule has 0 aliphatic carbocycles. The molecule has 0 fully saturated rings. The number of benzene rings is 1. The van der Waals surface area contributed by atoms with Crippen LogP contribution in [0.25, 0.3) is 0 Å². The highest BCUT2D eigenvalue weighted by Gasteiger charge is 2.05. The summed E-state index contributed by atoms with van der Waals surface area (Å²) in [5.74, 6) is 0. The molecule has 0 aromatic heterocycles. The van der Waals surface area contributed by atoms with Crippen LogP contribution < -0.4 is 11.0 Å². The number of para-hydroxylation sites is 1. The highest BCUT2D eigenvalue weighted by Crippen LogP contribution is 2.23. The molecule has 1 aromatic rings. The molecular weight excluding hydrogens is 173 g/mol. The lowest BCUT2D eigenvalue weighted by Gasteiger charge is -2.03. The van der Waals surface area contributed by atoms with E-state index in [0.29, 0.717) is 17.6 Å². The summed E-state index contributed by atoms with van der Waals surface area (Å²) in [4.78, 5) is 0. The normalized spacial score (nSPS) is 12.8. The van der Waals surface area contributed by atoms with Gasteiger partial charge in [-0.15, -0.1) is 0 Å². The number of hydrogen-bond acceptors (Lipinski definition) is 3. The van der Waals surface area contributed by atoms with Crippen LogP contribution in [-0.4, -0.2) is 6.61 Å². The van der Waals surface area contributed by atoms with Crippen molar-refractivity contribution in [2.24, 2.45) is 0 Å². The quantitative estimate of drug-likeness (QED) is 0.572. The minimum Gasteiger partial charge on any atom is -0.398 e. The summed E-state index contributed by atoms with van der Waals surface area (Å²) in [6, 6.07) is 7.05. The van der Waals surface area contributed by atoms with Gasteiger partial charge in [0.1, 0.15) is 0 Å². The van der Waals surface area contributed by atoms with Crippen molar-refractivity contribution < 1.29 is 9.09 Å². The molecule has 4 heteroatoms. The van der Waals surface area contributed by atoms with Gasteiger partial charge in [-0.1, -0.05) is 12.1 Å². The molecule has 1 unspecified atom stereocenters. The second kappa shape index (κ2) is 4.29. The summed E-state index contributed by atoms with van der Waals surface area (Å²) in [6.07, 6.45) is 0. The second-order valence-electron chi connectivity index (χ2n) is 2.31. The lowest BCUT2D eigenvalue weighted by molar-refractivity contribution is 0.357. The largest absolute Gasteiger partial charge is 0.398 e. The summed E-state index contributed by atoms with van der Waals surface area (Å²) in [5.41, 5.74) is 6.13. The third kappa shape index (κ3) is 2.10. The summed E-state index contributed by atoms with van der Waals surface area (Å²) in [6.45, 7) is 2.26. The molecule has 0 aliphatic rings. The minimum atomic E-state index is -2.12. The van der Waals surface area contributed by atoms with Gasteiger partial charge < -0.3 is 10.3 Å². The highest BCUT2D eigenvalue weighted by molar-refractivity contribution is 7.48. The van der Waals surface area contributed by atoms with E-state index in [1.54, 1.807) is 24.3 Å². The van der Waals surface area contributed by atoms with E-state index >= 15 is 0 Å². The fourth-order valence-electron chi connectivity index (χ4n) is 0.892. The van der Waals surface area contributed by atoms with Crippen LogP contribution in [0.2, 0.25) is 0 Å². The van der Waals surface area contributed by atoms with Gasteiger partial charge in [0.25, 0.3) is 0 Å². The molecule has 1 rings (SSSR count). The molecule has 0 saturated carbocycles. The molecule has 12 heavy (non-hydrogen) atoms. The van der Waals surface area contributed by atoms with Crippen molar-refractivity contribution in [3.05, 3.63) is 24.3 Å². The summed E-state index contributed by atoms with van der Waals surface area (Å²) >= 11 is 0. The van der Waals surface area contributed by atoms with E-state index in [-0.39, 0.29) is 0 Å². The first kappa shape index (κ1) is 9.30. The Labute approximate surface area is 72.4 Å². The molecule has 2 N–H and O–H groups in total. The van der Waals surface area contributed by atoms with Crippen molar-refractivity contribution >= 4 is 19.0 Å². The third-order valence-corrected chi connectivity index (χ3v) is 2.90. The zero-order chi connectivity index (χ0) is 8.97. The van der Waals surface area contributed by atoms with Crippen LogP contribution in [0.4, 0.5) is 5.69 Å². The maximum absolute atomic E-state index is 11.3. The average molecular weight is 185 g/mol. The van der Waals surface area contributed by atoms with Crippen LogP contribution in [0.3, 0.4) is 0 Å². The monoisotopic (exact) mass is 185 g/mol. The maximum Gasteiger partial charge on any atom is 0.222 e. The lowest BCUT2D eigenvalue weighted by atomic mass is 10.3. The Balaban J connectivity index is 2.87. The molecule has 0 bridgehead atoms. The Kier molecular flexibility index (Phi) is 3.32. The Morgan fingerprint density at radius 1 is 1.50 bits per heavy atom. The molecule has 66 valence electrons. The topological polar surface area (TPSA) is 52.3 Å². The van der Waals surface area contributed by atoms with Gasteiger partial charge in [0.05, 0.1) is 11.9 Å². The minimum absolute atomic E-state index is 0.451. The van der Waals surface area contributed by atoms with Gasteiger partial charge in [0, 0.05) is 5.69 Å². The zero-order valence-electron chi connectivity index (χ0n) is 6.91. The van der Waals surface area contributed by atoms with Crippen molar-refractivity contribution in [1.29, 1.82) is 0 Å². The number of anilines is 1. The third-order valence-electron chi connectivity index (χ3n) is 1.46. The van der Waals surface area contributed by atoms with Crippen LogP contribution in [0.5, 0.6) is 0 Å². The molecule has 1 aromatic carbocycles. The van der Waals surface area contributed by atoms with Crippen molar-refractivity contribution in [2.45, 2.75) is 6.92 Å². The molecule has 0 radical (unpaired) electrons. The van der Waals surface area contributed by atoms with Gasteiger partial charge in [0.15, 0.2) is 0 Å². The predicted octanol–water partition coefficient (Wildman–Crippen LogP) is 1.41. The maximum atomic E-state index is 11.3. The predicted molar refractivity (Wildman–Crippen MR) is 51.1 cm³/mol. The van der Waals surface area contributed by atoms with Crippen molar-refractivity contribution in [1.82, 2.24) is 0 Å². The number of nitrogens with two attached hydrogens (primary N) is 1. The lowest BCUT2D eigenvalue weighted by Crippen LogP contribution is -2.05. The second-order valence-corrected chi connectivity index (χ2v) is 3.71. The van der Waals surface area contributed by atoms with Crippen LogP contribution >= 0.6 is 8.03 Å². The number of hydrogen-bond donors (Lipinski definition) is 1. The average Bonchev–Trinajstić information content (AvgIpc) is 2.05. The SMILES string of the molecule is CCO[PH](=O)c1ccccc1N. The highest BCUT2D eigenvalue weighted by atomic mass is 31.1. The van der Waals surface area contributed by atoms with Gasteiger partial charge in [-0.3, -0.25) is 4.57 Å². The fourth-order valence-corrected chi connectivity index (χ4v) is 1.86. The zero-order valence-corrected chi connectivity index (χ0v) is 7.91. The summed E-state index contributed by atoms with van der Waals surface area (Å²) in [7, 11) is -2.12. The van der Waals surface area contributed by atoms with Gasteiger partial charge >= 0.3 is 0 Å². The van der Waals surface area contributed by atoms with Crippen LogP contribution in [0, 0.1) is 0 Å². The Hall–Kier alpha value is -0.790. The Morgan fingerprint density at radius 2 is 2.17 bits per heavy atom. The first-order valence-electron chi connectivity index (χ1n) is 3.77. The van der Waals surface area contributed by atoms with Gasteiger partial charge in [0.2, 0.25) is 8.03 Å². The first-order chi connectivity index (χ1) is 5.75. The Morgan fingerprint density at radius 3 is 2.75 bits per heavy atom. The van der Waals surface area contributed by atoms with Crippen molar-refractivity contribution in [3.8, 4) is 0 Å². The molecular formula is C8H12NO2P. The molecule has 1 atom stereocenters. The van der Waals surface area contributed by atoms with Gasteiger partial charge in [-0.2, -0.15) is 0 Å².